The van der Waals surface area contributed by atoms with Crippen LogP contribution in [0.4, 0.5) is 4.39 Å². The van der Waals surface area contributed by atoms with Crippen molar-refractivity contribution in [2.75, 3.05) is 13.2 Å². The quantitative estimate of drug-likeness (QED) is 0.443. The van der Waals surface area contributed by atoms with Crippen LogP contribution in [0.3, 0.4) is 0 Å². The van der Waals surface area contributed by atoms with Gasteiger partial charge in [-0.1, -0.05) is 49.4 Å². The monoisotopic (exact) mass is 439 g/mol. The van der Waals surface area contributed by atoms with Gasteiger partial charge in [0.1, 0.15) is 22.9 Å². The molecule has 0 aliphatic carbocycles. The van der Waals surface area contributed by atoms with Crippen LogP contribution < -0.4 is 14.8 Å². The van der Waals surface area contributed by atoms with Gasteiger partial charge in [0.25, 0.3) is 5.91 Å². The van der Waals surface area contributed by atoms with Crippen LogP contribution in [0.1, 0.15) is 37.0 Å². The molecule has 0 heterocycles. The third-order valence-electron chi connectivity index (χ3n) is 5.30. The molecule has 0 radical (unpaired) electrons. The largest absolute Gasteiger partial charge is 0.493 e. The van der Waals surface area contributed by atoms with Gasteiger partial charge in [0.05, 0.1) is 18.8 Å². The maximum atomic E-state index is 14.7. The second kappa shape index (κ2) is 10.1. The van der Waals surface area contributed by atoms with Crippen LogP contribution in [-0.4, -0.2) is 35.7 Å². The Morgan fingerprint density at radius 2 is 1.62 bits per heavy atom. The molecule has 0 aromatic heterocycles. The summed E-state index contributed by atoms with van der Waals surface area (Å²) < 4.78 is 26.3. The van der Waals surface area contributed by atoms with E-state index in [-0.39, 0.29) is 24.3 Å². The van der Waals surface area contributed by atoms with Crippen molar-refractivity contribution >= 4 is 22.6 Å². The summed E-state index contributed by atoms with van der Waals surface area (Å²) in [6.45, 7) is 3.69. The number of halogens is 1. The average molecular weight is 439 g/mol. The smallest absolute Gasteiger partial charge is 0.329 e. The molecule has 168 valence electrons. The van der Waals surface area contributed by atoms with E-state index in [1.54, 1.807) is 31.2 Å². The minimum atomic E-state index is -1.49. The van der Waals surface area contributed by atoms with E-state index in [0.717, 1.165) is 11.8 Å². The van der Waals surface area contributed by atoms with E-state index < -0.39 is 23.2 Å². The van der Waals surface area contributed by atoms with Crippen molar-refractivity contribution in [3.05, 3.63) is 72.0 Å². The van der Waals surface area contributed by atoms with E-state index in [1.807, 2.05) is 30.3 Å². The summed E-state index contributed by atoms with van der Waals surface area (Å²) in [6, 6.07) is 17.1. The summed E-state index contributed by atoms with van der Waals surface area (Å²) in [6.07, 6.45) is 0.695. The fourth-order valence-electron chi connectivity index (χ4n) is 3.18. The highest BCUT2D eigenvalue weighted by Crippen LogP contribution is 2.33. The summed E-state index contributed by atoms with van der Waals surface area (Å²) in [7, 11) is 0. The Bertz CT molecular complexity index is 1100. The second-order valence-electron chi connectivity index (χ2n) is 7.59. The number of fused-ring (bicyclic) bond motifs is 1. The summed E-state index contributed by atoms with van der Waals surface area (Å²) >= 11 is 0. The molecule has 32 heavy (non-hydrogen) atoms. The van der Waals surface area contributed by atoms with Crippen LogP contribution >= 0.6 is 0 Å². The number of carboxylic acid groups (broad SMARTS) is 1. The number of hydrogen-bond acceptors (Lipinski definition) is 4. The standard InChI is InChI=1S/C25H26FNO5/c1-3-25(2,24(29)30)27-23(28)20-16-21(26)18-12-7-8-13-19(18)22(20)32-15-9-14-31-17-10-5-4-6-11-17/h4-8,10-13,16H,3,9,14-15H2,1-2H3,(H,27,28)(H,29,30). The topological polar surface area (TPSA) is 84.9 Å². The zero-order valence-electron chi connectivity index (χ0n) is 18.1. The van der Waals surface area contributed by atoms with E-state index in [1.165, 1.54) is 6.92 Å². The van der Waals surface area contributed by atoms with Gasteiger partial charge in [0.2, 0.25) is 0 Å². The zero-order valence-corrected chi connectivity index (χ0v) is 18.1. The highest BCUT2D eigenvalue weighted by Gasteiger charge is 2.34. The molecule has 0 saturated heterocycles. The van der Waals surface area contributed by atoms with Gasteiger partial charge in [0, 0.05) is 17.2 Å². The molecule has 1 unspecified atom stereocenters. The molecule has 0 bridgehead atoms. The Balaban J connectivity index is 1.82. The lowest BCUT2D eigenvalue weighted by molar-refractivity contribution is -0.143. The number of nitrogens with one attached hydrogen (secondary N) is 1. The van der Waals surface area contributed by atoms with Gasteiger partial charge in [-0.25, -0.2) is 9.18 Å². The van der Waals surface area contributed by atoms with Crippen LogP contribution in [0.15, 0.2) is 60.7 Å². The fourth-order valence-corrected chi connectivity index (χ4v) is 3.18. The van der Waals surface area contributed by atoms with Crippen LogP contribution in [0.25, 0.3) is 10.8 Å². The number of carbonyl (C=O) groups is 2. The summed E-state index contributed by atoms with van der Waals surface area (Å²) in [4.78, 5) is 24.6. The molecule has 3 rings (SSSR count). The third kappa shape index (κ3) is 5.17. The first-order valence-electron chi connectivity index (χ1n) is 10.4. The summed E-state index contributed by atoms with van der Waals surface area (Å²) in [5.41, 5.74) is -1.54. The van der Waals surface area contributed by atoms with E-state index in [9.17, 15) is 19.1 Å². The first-order valence-corrected chi connectivity index (χ1v) is 10.4. The molecule has 0 aliphatic heterocycles. The van der Waals surface area contributed by atoms with Crippen molar-refractivity contribution < 1.29 is 28.6 Å². The number of hydrogen-bond donors (Lipinski definition) is 2. The molecule has 1 amide bonds. The molecule has 0 spiro atoms. The van der Waals surface area contributed by atoms with Crippen LogP contribution in [-0.2, 0) is 4.79 Å². The molecule has 6 nitrogen and oxygen atoms in total. The lowest BCUT2D eigenvalue weighted by atomic mass is 9.97. The number of rotatable bonds is 10. The molecule has 3 aromatic rings. The molecule has 0 aliphatic rings. The SMILES string of the molecule is CCC(C)(NC(=O)c1cc(F)c2ccccc2c1OCCCOc1ccccc1)C(=O)O. The Hall–Kier alpha value is -3.61. The van der Waals surface area contributed by atoms with Gasteiger partial charge in [-0.05, 0) is 31.5 Å². The average Bonchev–Trinajstić information content (AvgIpc) is 2.80. The minimum absolute atomic E-state index is 0.0499. The van der Waals surface area contributed by atoms with Gasteiger partial charge in [-0.3, -0.25) is 4.79 Å². The van der Waals surface area contributed by atoms with Gasteiger partial charge >= 0.3 is 5.97 Å². The van der Waals surface area contributed by atoms with E-state index in [0.29, 0.717) is 23.8 Å². The second-order valence-corrected chi connectivity index (χ2v) is 7.59. The van der Waals surface area contributed by atoms with E-state index in [4.69, 9.17) is 9.47 Å². The van der Waals surface area contributed by atoms with Crippen molar-refractivity contribution in [2.24, 2.45) is 0 Å². The molecule has 2 N–H and O–H groups in total. The number of carbonyl (C=O) groups excluding carboxylic acids is 1. The zero-order chi connectivity index (χ0) is 23.1. The Labute approximate surface area is 186 Å². The lowest BCUT2D eigenvalue weighted by Gasteiger charge is -2.25. The Morgan fingerprint density at radius 1 is 1.00 bits per heavy atom. The molecule has 3 aromatic carbocycles. The van der Waals surface area contributed by atoms with Crippen molar-refractivity contribution in [3.63, 3.8) is 0 Å². The van der Waals surface area contributed by atoms with Crippen LogP contribution in [0, 0.1) is 5.82 Å². The number of ether oxygens (including phenoxy) is 2. The highest BCUT2D eigenvalue weighted by atomic mass is 19.1. The number of amides is 1. The molecule has 0 saturated carbocycles. The Morgan fingerprint density at radius 3 is 2.28 bits per heavy atom. The highest BCUT2D eigenvalue weighted by molar-refractivity contribution is 6.05. The first kappa shape index (κ1) is 23.1. The Kier molecular flexibility index (Phi) is 7.30. The van der Waals surface area contributed by atoms with Crippen molar-refractivity contribution in [2.45, 2.75) is 32.2 Å². The predicted molar refractivity (Wildman–Crippen MR) is 120 cm³/mol. The molecule has 7 heteroatoms. The fraction of sp³-hybridized carbons (Fsp3) is 0.280. The predicted octanol–water partition coefficient (Wildman–Crippen LogP) is 4.81. The lowest BCUT2D eigenvalue weighted by Crippen LogP contribution is -2.51. The van der Waals surface area contributed by atoms with Crippen molar-refractivity contribution in [1.82, 2.24) is 5.32 Å². The summed E-state index contributed by atoms with van der Waals surface area (Å²) in [5.74, 6) is -1.51. The normalized spacial score (nSPS) is 12.7. The maximum Gasteiger partial charge on any atom is 0.329 e. The van der Waals surface area contributed by atoms with Crippen LogP contribution in [0.2, 0.25) is 0 Å². The van der Waals surface area contributed by atoms with E-state index >= 15 is 0 Å². The minimum Gasteiger partial charge on any atom is -0.493 e. The molecular formula is C25H26FNO5. The number of carboxylic acids is 1. The number of para-hydroxylation sites is 1. The first-order chi connectivity index (χ1) is 15.4. The molecule has 0 fully saturated rings. The van der Waals surface area contributed by atoms with Crippen molar-refractivity contribution in [3.8, 4) is 11.5 Å². The van der Waals surface area contributed by atoms with Gasteiger partial charge < -0.3 is 19.9 Å². The number of aliphatic carboxylic acids is 1. The van der Waals surface area contributed by atoms with Gasteiger partial charge in [-0.2, -0.15) is 0 Å². The van der Waals surface area contributed by atoms with E-state index in [2.05, 4.69) is 5.32 Å². The molecule has 1 atom stereocenters. The number of benzene rings is 3. The van der Waals surface area contributed by atoms with Crippen molar-refractivity contribution in [1.29, 1.82) is 0 Å². The summed E-state index contributed by atoms with van der Waals surface area (Å²) in [5, 5.41) is 12.7. The van der Waals surface area contributed by atoms with Crippen LogP contribution in [0.5, 0.6) is 11.5 Å². The van der Waals surface area contributed by atoms with Gasteiger partial charge in [0.15, 0.2) is 0 Å². The molecular weight excluding hydrogens is 413 g/mol. The van der Waals surface area contributed by atoms with Gasteiger partial charge in [-0.15, -0.1) is 0 Å². The maximum absolute atomic E-state index is 14.7. The third-order valence-corrected chi connectivity index (χ3v) is 5.30.